The van der Waals surface area contributed by atoms with Gasteiger partial charge >= 0.3 is 12.1 Å². The maximum Gasteiger partial charge on any atom is 0.417 e. The highest BCUT2D eigenvalue weighted by Gasteiger charge is 2.39. The van der Waals surface area contributed by atoms with Crippen LogP contribution < -0.4 is 5.32 Å². The summed E-state index contributed by atoms with van der Waals surface area (Å²) in [5, 5.41) is 12.2. The van der Waals surface area contributed by atoms with Gasteiger partial charge in [-0.2, -0.15) is 13.2 Å². The first-order valence-electron chi connectivity index (χ1n) is 16.4. The fraction of sp³-hybridized carbons (Fsp3) is 0.256. The third-order valence-electron chi connectivity index (χ3n) is 8.84. The lowest BCUT2D eigenvalue weighted by atomic mass is 9.95. The van der Waals surface area contributed by atoms with Gasteiger partial charge in [0.2, 0.25) is 5.91 Å². The summed E-state index contributed by atoms with van der Waals surface area (Å²) in [5.41, 5.74) is 0.775. The molecular weight excluding hydrogens is 697 g/mol. The third kappa shape index (κ3) is 7.89. The maximum atomic E-state index is 15.2. The molecule has 2 N–H and O–H groups in total. The normalized spacial score (nSPS) is 14.1. The van der Waals surface area contributed by atoms with E-state index in [4.69, 9.17) is 0 Å². The topological polar surface area (TPSA) is 112 Å². The highest BCUT2D eigenvalue weighted by Crippen LogP contribution is 2.38. The number of nitrogens with zero attached hydrogens (tertiary/aromatic N) is 3. The number of carbonyl (C=O) groups excluding carboxylic acids is 2. The first-order valence-corrected chi connectivity index (χ1v) is 17.2. The molecule has 1 fully saturated rings. The molecule has 8 nitrogen and oxygen atoms in total. The van der Waals surface area contributed by atoms with Gasteiger partial charge in [0.05, 0.1) is 16.4 Å². The molecule has 3 aromatic carbocycles. The van der Waals surface area contributed by atoms with E-state index in [0.29, 0.717) is 21.8 Å². The van der Waals surface area contributed by atoms with E-state index in [0.717, 1.165) is 22.6 Å². The zero-order valence-electron chi connectivity index (χ0n) is 28.4. The van der Waals surface area contributed by atoms with Gasteiger partial charge in [0.15, 0.2) is 5.82 Å². The first-order chi connectivity index (χ1) is 24.6. The Kier molecular flexibility index (Phi) is 10.00. The minimum absolute atomic E-state index is 0.0695. The molecule has 268 valence electrons. The molecule has 3 heterocycles. The number of alkyl halides is 3. The van der Waals surface area contributed by atoms with E-state index < -0.39 is 41.4 Å². The number of benzene rings is 3. The number of amides is 2. The summed E-state index contributed by atoms with van der Waals surface area (Å²) in [5.74, 6) is -2.77. The van der Waals surface area contributed by atoms with Crippen LogP contribution in [0, 0.1) is 11.7 Å². The largest absolute Gasteiger partial charge is 0.481 e. The molecule has 2 aromatic heterocycles. The van der Waals surface area contributed by atoms with Crippen LogP contribution in [0.4, 0.5) is 17.6 Å². The molecule has 2 amide bonds. The van der Waals surface area contributed by atoms with Crippen LogP contribution in [0.3, 0.4) is 0 Å². The molecule has 0 bridgehead atoms. The molecule has 0 aliphatic carbocycles. The average Bonchev–Trinajstić information content (AvgIpc) is 3.59. The number of aliphatic carboxylic acids is 1. The van der Waals surface area contributed by atoms with Crippen LogP contribution in [0.25, 0.3) is 33.6 Å². The van der Waals surface area contributed by atoms with Gasteiger partial charge in [-0.15, -0.1) is 11.3 Å². The smallest absolute Gasteiger partial charge is 0.417 e. The van der Waals surface area contributed by atoms with Gasteiger partial charge in [-0.25, -0.2) is 14.4 Å². The van der Waals surface area contributed by atoms with E-state index in [9.17, 15) is 32.7 Å². The quantitative estimate of drug-likeness (QED) is 0.149. The molecule has 52 heavy (non-hydrogen) atoms. The minimum Gasteiger partial charge on any atom is -0.481 e. The fourth-order valence-electron chi connectivity index (χ4n) is 5.87. The molecule has 1 aliphatic heterocycles. The Morgan fingerprint density at radius 1 is 0.885 bits per heavy atom. The molecule has 1 aliphatic rings. The second-order valence-electron chi connectivity index (χ2n) is 13.7. The molecule has 5 aromatic rings. The van der Waals surface area contributed by atoms with Gasteiger partial charge in [0.1, 0.15) is 11.9 Å². The van der Waals surface area contributed by atoms with Gasteiger partial charge in [0.25, 0.3) is 5.91 Å². The van der Waals surface area contributed by atoms with Crippen LogP contribution in [-0.2, 0) is 27.6 Å². The summed E-state index contributed by atoms with van der Waals surface area (Å²) >= 11 is 1.35. The Morgan fingerprint density at radius 2 is 1.54 bits per heavy atom. The predicted molar refractivity (Wildman–Crippen MR) is 189 cm³/mol. The van der Waals surface area contributed by atoms with Crippen molar-refractivity contribution in [2.75, 3.05) is 13.1 Å². The van der Waals surface area contributed by atoms with Crippen molar-refractivity contribution in [3.63, 3.8) is 0 Å². The zero-order valence-corrected chi connectivity index (χ0v) is 29.2. The Hall–Kier alpha value is -5.43. The number of thiophene rings is 1. The first kappa shape index (κ1) is 36.4. The van der Waals surface area contributed by atoms with Gasteiger partial charge in [-0.05, 0) is 46.4 Å². The number of carboxylic acid groups (broad SMARTS) is 1. The summed E-state index contributed by atoms with van der Waals surface area (Å²) in [7, 11) is 0. The predicted octanol–water partition coefficient (Wildman–Crippen LogP) is 7.88. The summed E-state index contributed by atoms with van der Waals surface area (Å²) in [6.45, 7) is 6.28. The van der Waals surface area contributed by atoms with Crippen molar-refractivity contribution in [2.45, 2.75) is 44.8 Å². The summed E-state index contributed by atoms with van der Waals surface area (Å²) in [6, 6.07) is 18.6. The summed E-state index contributed by atoms with van der Waals surface area (Å²) in [6.07, 6.45) is -1.59. The number of rotatable bonds is 9. The Morgan fingerprint density at radius 3 is 2.13 bits per heavy atom. The number of hydrogen-bond donors (Lipinski definition) is 2. The van der Waals surface area contributed by atoms with E-state index in [1.54, 1.807) is 30.3 Å². The van der Waals surface area contributed by atoms with Crippen LogP contribution in [0.2, 0.25) is 0 Å². The second-order valence-corrected chi connectivity index (χ2v) is 14.7. The number of hydrogen-bond acceptors (Lipinski definition) is 6. The molecule has 13 heteroatoms. The van der Waals surface area contributed by atoms with Gasteiger partial charge in [-0.3, -0.25) is 14.4 Å². The number of carboxylic acids is 1. The lowest BCUT2D eigenvalue weighted by molar-refractivity contribution is -0.153. The van der Waals surface area contributed by atoms with Crippen molar-refractivity contribution in [3.8, 4) is 33.6 Å². The van der Waals surface area contributed by atoms with Crippen molar-refractivity contribution in [1.29, 1.82) is 0 Å². The van der Waals surface area contributed by atoms with Crippen LogP contribution in [0.1, 0.15) is 46.4 Å². The SMILES string of the molecule is CC(C)(C)c1ccc(C(=O)N[C@@H](Cc2ccc(-c3ncc(-c4ccc(-c5ccccc5C(F)(F)F)cc4F)cn3)cc2)C(=O)N2CC(C(=O)O)C2)s1. The average molecular weight is 731 g/mol. The highest BCUT2D eigenvalue weighted by molar-refractivity contribution is 7.14. The van der Waals surface area contributed by atoms with E-state index >= 15 is 4.39 Å². The van der Waals surface area contributed by atoms with E-state index in [-0.39, 0.29) is 47.5 Å². The van der Waals surface area contributed by atoms with Crippen LogP contribution in [0.5, 0.6) is 0 Å². The molecular formula is C39H34F4N4O4S. The lowest BCUT2D eigenvalue weighted by Crippen LogP contribution is -2.59. The van der Waals surface area contributed by atoms with Gasteiger partial charge < -0.3 is 15.3 Å². The van der Waals surface area contributed by atoms with Crippen molar-refractivity contribution in [2.24, 2.45) is 5.92 Å². The van der Waals surface area contributed by atoms with Crippen LogP contribution in [-0.4, -0.2) is 56.9 Å². The van der Waals surface area contributed by atoms with Crippen molar-refractivity contribution in [3.05, 3.63) is 118 Å². The molecule has 0 saturated carbocycles. The Labute approximate surface area is 301 Å². The number of halogens is 4. The Bertz CT molecular complexity index is 2120. The van der Waals surface area contributed by atoms with Crippen molar-refractivity contribution in [1.82, 2.24) is 20.2 Å². The number of nitrogens with one attached hydrogen (secondary N) is 1. The van der Waals surface area contributed by atoms with Crippen LogP contribution >= 0.6 is 11.3 Å². The van der Waals surface area contributed by atoms with Crippen molar-refractivity contribution < 1.29 is 37.1 Å². The number of aromatic nitrogens is 2. The van der Waals surface area contributed by atoms with E-state index in [2.05, 4.69) is 15.3 Å². The minimum atomic E-state index is -4.59. The standard InChI is InChI=1S/C39H34F4N4O4S/c1-38(2,3)33-15-14-32(52-33)35(48)46-31(36(49)47-20-26(21-47)37(50)51)16-22-8-10-23(11-9-22)34-44-18-25(19-45-34)28-13-12-24(17-30(28)40)27-6-4-5-7-29(27)39(41,42)43/h4-15,17-19,26,31H,16,20-21H2,1-3H3,(H,46,48)(H,50,51)/t31-/m0/s1. The van der Waals surface area contributed by atoms with Crippen LogP contribution in [0.15, 0.2) is 91.3 Å². The summed E-state index contributed by atoms with van der Waals surface area (Å²) < 4.78 is 55.8. The molecule has 6 rings (SSSR count). The molecule has 0 radical (unpaired) electrons. The molecule has 1 atom stereocenters. The third-order valence-corrected chi connectivity index (χ3v) is 10.4. The number of likely N-dealkylation sites (tertiary alicyclic amines) is 1. The van der Waals surface area contributed by atoms with E-state index in [1.165, 1.54) is 59.0 Å². The Balaban J connectivity index is 1.17. The molecule has 0 spiro atoms. The van der Waals surface area contributed by atoms with E-state index in [1.807, 2.05) is 26.8 Å². The zero-order chi connectivity index (χ0) is 37.4. The van der Waals surface area contributed by atoms with Gasteiger partial charge in [-0.1, -0.05) is 75.4 Å². The summed E-state index contributed by atoms with van der Waals surface area (Å²) in [4.78, 5) is 49.7. The molecule has 1 saturated heterocycles. The number of carbonyl (C=O) groups is 3. The second kappa shape index (κ2) is 14.3. The van der Waals surface area contributed by atoms with Crippen molar-refractivity contribution >= 4 is 29.1 Å². The fourth-order valence-corrected chi connectivity index (χ4v) is 6.84. The highest BCUT2D eigenvalue weighted by atomic mass is 32.1. The maximum absolute atomic E-state index is 15.2. The van der Waals surface area contributed by atoms with Gasteiger partial charge in [0, 0.05) is 53.5 Å². The monoisotopic (exact) mass is 730 g/mol. The molecule has 0 unspecified atom stereocenters. The lowest BCUT2D eigenvalue weighted by Gasteiger charge is -2.38.